The number of morpholine rings is 1. The Bertz CT molecular complexity index is 1220. The van der Waals surface area contributed by atoms with Crippen LogP contribution in [0.25, 0.3) is 11.1 Å². The molecule has 1 amide bonds. The van der Waals surface area contributed by atoms with E-state index in [4.69, 9.17) is 4.74 Å². The van der Waals surface area contributed by atoms with Gasteiger partial charge in [0.05, 0.1) is 23.3 Å². The van der Waals surface area contributed by atoms with Gasteiger partial charge in [-0.3, -0.25) is 4.79 Å². The normalized spacial score (nSPS) is 18.4. The Kier molecular flexibility index (Phi) is 6.80. The van der Waals surface area contributed by atoms with Gasteiger partial charge in [-0.25, -0.2) is 9.37 Å². The molecule has 0 aliphatic carbocycles. The lowest BCUT2D eigenvalue weighted by molar-refractivity contribution is -0.139. The zero-order valence-corrected chi connectivity index (χ0v) is 19.5. The number of anilines is 2. The van der Waals surface area contributed by atoms with Crippen LogP contribution in [0.4, 0.5) is 29.1 Å². The fraction of sp³-hybridized carbons (Fsp3) is 0.308. The van der Waals surface area contributed by atoms with E-state index >= 15 is 0 Å². The first-order valence-corrected chi connectivity index (χ1v) is 11.2. The van der Waals surface area contributed by atoms with Crippen LogP contribution in [0.3, 0.4) is 0 Å². The molecule has 1 saturated heterocycles. The van der Waals surface area contributed by atoms with E-state index in [1.54, 1.807) is 37.3 Å². The number of amides is 1. The summed E-state index contributed by atoms with van der Waals surface area (Å²) in [5, 5.41) is 2.81. The number of nitrogens with zero attached hydrogens (tertiary/aromatic N) is 2. The average molecular weight is 487 g/mol. The summed E-state index contributed by atoms with van der Waals surface area (Å²) in [5.74, 6) is -0.975. The molecule has 0 radical (unpaired) electrons. The van der Waals surface area contributed by atoms with Gasteiger partial charge in [0.2, 0.25) is 0 Å². The smallest absolute Gasteiger partial charge is 0.372 e. The minimum atomic E-state index is -4.77. The highest BCUT2D eigenvalue weighted by Gasteiger charge is 2.34. The number of hydrogen-bond donors (Lipinski definition) is 1. The number of halogens is 4. The summed E-state index contributed by atoms with van der Waals surface area (Å²) in [7, 11) is 0. The van der Waals surface area contributed by atoms with E-state index < -0.39 is 17.6 Å². The molecule has 2 atom stereocenters. The molecule has 4 rings (SSSR count). The van der Waals surface area contributed by atoms with E-state index in [-0.39, 0.29) is 23.7 Å². The molecule has 35 heavy (non-hydrogen) atoms. The number of hydrogen-bond acceptors (Lipinski definition) is 4. The molecule has 1 fully saturated rings. The zero-order valence-electron chi connectivity index (χ0n) is 19.5. The fourth-order valence-electron chi connectivity index (χ4n) is 4.26. The fourth-order valence-corrected chi connectivity index (χ4v) is 4.26. The molecule has 0 saturated carbocycles. The van der Waals surface area contributed by atoms with Crippen LogP contribution >= 0.6 is 0 Å². The van der Waals surface area contributed by atoms with Gasteiger partial charge in [-0.05, 0) is 67.8 Å². The second-order valence-electron chi connectivity index (χ2n) is 8.69. The molecule has 3 aromatic rings. The molecule has 5 nitrogen and oxygen atoms in total. The maximum atomic E-state index is 14.1. The Balaban J connectivity index is 1.52. The summed E-state index contributed by atoms with van der Waals surface area (Å²) in [6, 6.07) is 11.3. The second-order valence-corrected chi connectivity index (χ2v) is 8.69. The highest BCUT2D eigenvalue weighted by Crippen LogP contribution is 2.35. The van der Waals surface area contributed by atoms with Crippen LogP contribution in [-0.2, 0) is 10.9 Å². The summed E-state index contributed by atoms with van der Waals surface area (Å²) in [6.07, 6.45) is -3.11. The number of benzene rings is 2. The molecule has 9 heteroatoms. The maximum absolute atomic E-state index is 14.1. The molecule has 2 aromatic carbocycles. The van der Waals surface area contributed by atoms with Crippen LogP contribution in [-0.4, -0.2) is 36.2 Å². The Morgan fingerprint density at radius 1 is 1.09 bits per heavy atom. The first-order chi connectivity index (χ1) is 16.5. The highest BCUT2D eigenvalue weighted by molar-refractivity contribution is 6.05. The van der Waals surface area contributed by atoms with Crippen LogP contribution in [0.2, 0.25) is 0 Å². The van der Waals surface area contributed by atoms with Gasteiger partial charge in [-0.15, -0.1) is 0 Å². The first-order valence-electron chi connectivity index (χ1n) is 11.2. The summed E-state index contributed by atoms with van der Waals surface area (Å²) >= 11 is 0. The largest absolute Gasteiger partial charge is 0.419 e. The lowest BCUT2D eigenvalue weighted by atomic mass is 9.97. The van der Waals surface area contributed by atoms with Gasteiger partial charge in [0.15, 0.2) is 0 Å². The molecule has 1 N–H and O–H groups in total. The standard InChI is InChI=1S/C26H25F4N3O2/c1-15-13-33(14-16(2)35-15)24-10-8-19(12-31-24)25(34)32-23-6-4-5-20(17(23)3)18-7-9-21(22(27)11-18)26(28,29)30/h4-12,15-16H,13-14H2,1-3H3,(H,32,34)/t15-,16+. The molecule has 0 spiro atoms. The lowest BCUT2D eigenvalue weighted by Gasteiger charge is -2.36. The van der Waals surface area contributed by atoms with E-state index in [1.165, 1.54) is 12.3 Å². The number of nitrogens with one attached hydrogen (secondary N) is 1. The second kappa shape index (κ2) is 9.65. The van der Waals surface area contributed by atoms with Crippen LogP contribution in [0.15, 0.2) is 54.7 Å². The van der Waals surface area contributed by atoms with Crippen molar-refractivity contribution in [3.8, 4) is 11.1 Å². The number of carbonyl (C=O) groups excluding carboxylic acids is 1. The number of pyridine rings is 1. The van der Waals surface area contributed by atoms with E-state index in [9.17, 15) is 22.4 Å². The molecule has 0 unspecified atom stereocenters. The molecule has 0 bridgehead atoms. The minimum absolute atomic E-state index is 0.0805. The van der Waals surface area contributed by atoms with Crippen molar-refractivity contribution in [3.63, 3.8) is 0 Å². The van der Waals surface area contributed by atoms with Gasteiger partial charge in [0.25, 0.3) is 5.91 Å². The maximum Gasteiger partial charge on any atom is 0.419 e. The molecule has 1 aliphatic rings. The van der Waals surface area contributed by atoms with Crippen LogP contribution in [0.1, 0.15) is 35.3 Å². The number of alkyl halides is 3. The van der Waals surface area contributed by atoms with Gasteiger partial charge < -0.3 is 15.0 Å². The predicted octanol–water partition coefficient (Wildman–Crippen LogP) is 6.08. The number of carbonyl (C=O) groups is 1. The average Bonchev–Trinajstić information content (AvgIpc) is 2.79. The molecule has 184 valence electrons. The molecular formula is C26H25F4N3O2. The Labute approximate surface area is 200 Å². The van der Waals surface area contributed by atoms with Crippen molar-refractivity contribution in [2.75, 3.05) is 23.3 Å². The SMILES string of the molecule is Cc1c(NC(=O)c2ccc(N3C[C@@H](C)O[C@@H](C)C3)nc2)cccc1-c1ccc(C(F)(F)F)c(F)c1. The van der Waals surface area contributed by atoms with Crippen molar-refractivity contribution < 1.29 is 27.1 Å². The highest BCUT2D eigenvalue weighted by atomic mass is 19.4. The van der Waals surface area contributed by atoms with Gasteiger partial charge in [0, 0.05) is 25.0 Å². The van der Waals surface area contributed by atoms with Crippen LogP contribution < -0.4 is 10.2 Å². The van der Waals surface area contributed by atoms with E-state index in [1.807, 2.05) is 13.8 Å². The van der Waals surface area contributed by atoms with Gasteiger partial charge in [0.1, 0.15) is 11.6 Å². The third kappa shape index (κ3) is 5.45. The first kappa shape index (κ1) is 24.7. The number of ether oxygens (including phenoxy) is 1. The van der Waals surface area contributed by atoms with Crippen molar-refractivity contribution in [1.29, 1.82) is 0 Å². The van der Waals surface area contributed by atoms with Crippen LogP contribution in [0.5, 0.6) is 0 Å². The predicted molar refractivity (Wildman–Crippen MR) is 126 cm³/mol. The molecule has 1 aliphatic heterocycles. The van der Waals surface area contributed by atoms with Crippen molar-refractivity contribution in [2.24, 2.45) is 0 Å². The van der Waals surface area contributed by atoms with Crippen molar-refractivity contribution in [3.05, 3.63) is 77.2 Å². The van der Waals surface area contributed by atoms with Gasteiger partial charge >= 0.3 is 6.18 Å². The van der Waals surface area contributed by atoms with Gasteiger partial charge in [-0.1, -0.05) is 18.2 Å². The lowest BCUT2D eigenvalue weighted by Crippen LogP contribution is -2.45. The number of rotatable bonds is 4. The summed E-state index contributed by atoms with van der Waals surface area (Å²) in [6.45, 7) is 7.13. The summed E-state index contributed by atoms with van der Waals surface area (Å²) < 4.78 is 58.5. The molecule has 1 aromatic heterocycles. The van der Waals surface area contributed by atoms with E-state index in [0.29, 0.717) is 35.5 Å². The number of aromatic nitrogens is 1. The quantitative estimate of drug-likeness (QED) is 0.453. The van der Waals surface area contributed by atoms with E-state index in [0.717, 1.165) is 18.0 Å². The topological polar surface area (TPSA) is 54.5 Å². The van der Waals surface area contributed by atoms with Crippen LogP contribution in [0, 0.1) is 12.7 Å². The Morgan fingerprint density at radius 2 is 1.80 bits per heavy atom. The Hall–Kier alpha value is -3.46. The Morgan fingerprint density at radius 3 is 2.40 bits per heavy atom. The summed E-state index contributed by atoms with van der Waals surface area (Å²) in [5.41, 5.74) is 0.894. The minimum Gasteiger partial charge on any atom is -0.372 e. The third-order valence-electron chi connectivity index (χ3n) is 5.92. The third-order valence-corrected chi connectivity index (χ3v) is 5.92. The van der Waals surface area contributed by atoms with Gasteiger partial charge in [-0.2, -0.15) is 13.2 Å². The van der Waals surface area contributed by atoms with Crippen molar-refractivity contribution in [1.82, 2.24) is 4.98 Å². The molecular weight excluding hydrogens is 462 g/mol. The van der Waals surface area contributed by atoms with Crippen molar-refractivity contribution >= 4 is 17.4 Å². The summed E-state index contributed by atoms with van der Waals surface area (Å²) in [4.78, 5) is 19.4. The van der Waals surface area contributed by atoms with Crippen molar-refractivity contribution in [2.45, 2.75) is 39.2 Å². The molecule has 2 heterocycles. The zero-order chi connectivity index (χ0) is 25.3. The van der Waals surface area contributed by atoms with E-state index in [2.05, 4.69) is 15.2 Å². The monoisotopic (exact) mass is 487 g/mol.